The highest BCUT2D eigenvalue weighted by Gasteiger charge is 2.36. The van der Waals surface area contributed by atoms with Crippen LogP contribution >= 0.6 is 11.5 Å². The Morgan fingerprint density at radius 3 is 2.29 bits per heavy atom. The SMILES string of the molecule is CCC[C@@H](C(=O)NC1CCCC1)N(C(=O)c1snc(C(=O)NC2CCCCC2)c1N)c1ccc(C)cc1C. The van der Waals surface area contributed by atoms with Gasteiger partial charge in [-0.05, 0) is 69.1 Å². The molecular formula is C29H41N5O3S. The van der Waals surface area contributed by atoms with E-state index in [4.69, 9.17) is 5.73 Å². The molecule has 8 nitrogen and oxygen atoms in total. The third kappa shape index (κ3) is 6.37. The van der Waals surface area contributed by atoms with Crippen LogP contribution in [-0.4, -0.2) is 40.2 Å². The van der Waals surface area contributed by atoms with Crippen molar-refractivity contribution in [2.45, 2.75) is 110 Å². The maximum Gasteiger partial charge on any atom is 0.273 e. The Bertz CT molecular complexity index is 1150. The summed E-state index contributed by atoms with van der Waals surface area (Å²) in [5.74, 6) is -0.888. The molecule has 9 heteroatoms. The summed E-state index contributed by atoms with van der Waals surface area (Å²) in [4.78, 5) is 42.6. The lowest BCUT2D eigenvalue weighted by atomic mass is 9.95. The van der Waals surface area contributed by atoms with Crippen LogP contribution in [0.25, 0.3) is 0 Å². The van der Waals surface area contributed by atoms with Crippen LogP contribution in [0, 0.1) is 13.8 Å². The number of nitrogen functional groups attached to an aromatic ring is 1. The van der Waals surface area contributed by atoms with Crippen molar-refractivity contribution < 1.29 is 14.4 Å². The van der Waals surface area contributed by atoms with E-state index in [9.17, 15) is 14.4 Å². The van der Waals surface area contributed by atoms with Crippen LogP contribution in [0.4, 0.5) is 11.4 Å². The van der Waals surface area contributed by atoms with Gasteiger partial charge in [-0.1, -0.05) is 63.1 Å². The van der Waals surface area contributed by atoms with Gasteiger partial charge in [0, 0.05) is 17.8 Å². The summed E-state index contributed by atoms with van der Waals surface area (Å²) < 4.78 is 4.30. The Morgan fingerprint density at radius 2 is 1.66 bits per heavy atom. The number of carbonyl (C=O) groups is 3. The van der Waals surface area contributed by atoms with Crippen molar-refractivity contribution in [1.29, 1.82) is 0 Å². The van der Waals surface area contributed by atoms with E-state index in [1.54, 1.807) is 4.90 Å². The highest BCUT2D eigenvalue weighted by atomic mass is 32.1. The fourth-order valence-corrected chi connectivity index (χ4v) is 6.47. The van der Waals surface area contributed by atoms with Gasteiger partial charge in [-0.3, -0.25) is 19.3 Å². The summed E-state index contributed by atoms with van der Waals surface area (Å²) in [6.07, 6.45) is 10.6. The minimum atomic E-state index is -0.699. The number of benzene rings is 1. The van der Waals surface area contributed by atoms with Crippen LogP contribution in [0.2, 0.25) is 0 Å². The fraction of sp³-hybridized carbons (Fsp3) is 0.586. The molecule has 1 aromatic carbocycles. The highest BCUT2D eigenvalue weighted by molar-refractivity contribution is 7.09. The average Bonchev–Trinajstić information content (AvgIpc) is 3.54. The minimum absolute atomic E-state index is 0.0783. The zero-order chi connectivity index (χ0) is 27.2. The van der Waals surface area contributed by atoms with Gasteiger partial charge in [0.05, 0.1) is 5.69 Å². The summed E-state index contributed by atoms with van der Waals surface area (Å²) in [7, 11) is 0. The van der Waals surface area contributed by atoms with Crippen LogP contribution in [-0.2, 0) is 4.79 Å². The Hall–Kier alpha value is -2.94. The molecule has 0 aliphatic heterocycles. The number of aromatic nitrogens is 1. The maximum absolute atomic E-state index is 14.2. The van der Waals surface area contributed by atoms with Crippen LogP contribution < -0.4 is 21.3 Å². The van der Waals surface area contributed by atoms with E-state index in [0.717, 1.165) is 80.4 Å². The van der Waals surface area contributed by atoms with Gasteiger partial charge in [0.25, 0.3) is 11.8 Å². The van der Waals surface area contributed by atoms with Gasteiger partial charge in [0.1, 0.15) is 10.9 Å². The number of hydrogen-bond acceptors (Lipinski definition) is 6. The first-order valence-corrected chi connectivity index (χ1v) is 14.8. The second-order valence-corrected chi connectivity index (χ2v) is 11.6. The van der Waals surface area contributed by atoms with Gasteiger partial charge in [-0.15, -0.1) is 0 Å². The van der Waals surface area contributed by atoms with Crippen molar-refractivity contribution in [2.75, 3.05) is 10.6 Å². The van der Waals surface area contributed by atoms with E-state index < -0.39 is 11.9 Å². The van der Waals surface area contributed by atoms with Gasteiger partial charge in [-0.25, -0.2) is 0 Å². The lowest BCUT2D eigenvalue weighted by Gasteiger charge is -2.33. The molecule has 2 aliphatic rings. The van der Waals surface area contributed by atoms with E-state index in [2.05, 4.69) is 15.0 Å². The number of hydrogen-bond donors (Lipinski definition) is 3. The van der Waals surface area contributed by atoms with Gasteiger partial charge in [0.15, 0.2) is 5.69 Å². The number of nitrogens with two attached hydrogens (primary N) is 1. The van der Waals surface area contributed by atoms with Crippen molar-refractivity contribution in [3.63, 3.8) is 0 Å². The molecule has 0 radical (unpaired) electrons. The Kier molecular flexibility index (Phi) is 9.41. The molecule has 0 unspecified atom stereocenters. The van der Waals surface area contributed by atoms with E-state index >= 15 is 0 Å². The Labute approximate surface area is 229 Å². The molecule has 0 spiro atoms. The number of aryl methyl sites for hydroxylation is 2. The number of anilines is 2. The standard InChI is InChI=1S/C29H41N5O3S/c1-4-10-23(27(35)31-20-13-8-9-14-20)34(22-16-15-18(2)17-19(22)3)29(37)26-24(30)25(33-38-26)28(36)32-21-11-6-5-7-12-21/h15-17,20-21,23H,4-14,30H2,1-3H3,(H,31,35)(H,32,36)/t23-/m0/s1. The number of nitrogens with zero attached hydrogens (tertiary/aromatic N) is 2. The first-order chi connectivity index (χ1) is 18.3. The molecule has 1 heterocycles. The molecule has 2 aromatic rings. The summed E-state index contributed by atoms with van der Waals surface area (Å²) >= 11 is 0.928. The predicted molar refractivity (Wildman–Crippen MR) is 153 cm³/mol. The first kappa shape index (κ1) is 28.1. The molecule has 0 bridgehead atoms. The molecule has 2 aliphatic carbocycles. The normalized spacial score (nSPS) is 17.2. The van der Waals surface area contributed by atoms with Crippen LogP contribution in [0.5, 0.6) is 0 Å². The van der Waals surface area contributed by atoms with Crippen molar-refractivity contribution in [3.8, 4) is 0 Å². The monoisotopic (exact) mass is 539 g/mol. The molecule has 0 saturated heterocycles. The quantitative estimate of drug-likeness (QED) is 0.401. The number of rotatable bonds is 9. The summed E-state index contributed by atoms with van der Waals surface area (Å²) in [6.45, 7) is 5.95. The van der Waals surface area contributed by atoms with E-state index in [1.165, 1.54) is 6.42 Å². The van der Waals surface area contributed by atoms with E-state index in [-0.39, 0.29) is 40.2 Å². The van der Waals surface area contributed by atoms with Gasteiger partial charge >= 0.3 is 0 Å². The van der Waals surface area contributed by atoms with Crippen LogP contribution in [0.1, 0.15) is 109 Å². The topological polar surface area (TPSA) is 117 Å². The van der Waals surface area contributed by atoms with E-state index in [1.807, 2.05) is 39.0 Å². The summed E-state index contributed by atoms with van der Waals surface area (Å²) in [5.41, 5.74) is 9.21. The number of nitrogens with one attached hydrogen (secondary N) is 2. The molecule has 4 N–H and O–H groups in total. The molecule has 3 amide bonds. The third-order valence-corrected chi connectivity index (χ3v) is 8.64. The van der Waals surface area contributed by atoms with Crippen molar-refractivity contribution in [3.05, 3.63) is 39.9 Å². The highest BCUT2D eigenvalue weighted by Crippen LogP contribution is 2.32. The molecule has 2 fully saturated rings. The molecule has 1 atom stereocenters. The fourth-order valence-electron chi connectivity index (χ4n) is 5.74. The molecule has 2 saturated carbocycles. The van der Waals surface area contributed by atoms with Gasteiger partial charge in [-0.2, -0.15) is 4.37 Å². The predicted octanol–water partition coefficient (Wildman–Crippen LogP) is 5.28. The lowest BCUT2D eigenvalue weighted by molar-refractivity contribution is -0.123. The zero-order valence-corrected chi connectivity index (χ0v) is 23.7. The number of carbonyl (C=O) groups excluding carboxylic acids is 3. The average molecular weight is 540 g/mol. The largest absolute Gasteiger partial charge is 0.395 e. The summed E-state index contributed by atoms with van der Waals surface area (Å²) in [6, 6.07) is 5.39. The zero-order valence-electron chi connectivity index (χ0n) is 22.8. The first-order valence-electron chi connectivity index (χ1n) is 14.1. The molecular weight excluding hydrogens is 498 g/mol. The smallest absolute Gasteiger partial charge is 0.273 e. The third-order valence-electron chi connectivity index (χ3n) is 7.79. The van der Waals surface area contributed by atoms with Crippen LogP contribution in [0.15, 0.2) is 18.2 Å². The van der Waals surface area contributed by atoms with Crippen molar-refractivity contribution in [1.82, 2.24) is 15.0 Å². The molecule has 4 rings (SSSR count). The number of amides is 3. The molecule has 1 aromatic heterocycles. The maximum atomic E-state index is 14.2. The van der Waals surface area contributed by atoms with Crippen molar-refractivity contribution >= 4 is 40.6 Å². The summed E-state index contributed by atoms with van der Waals surface area (Å²) in [5, 5.41) is 6.24. The lowest BCUT2D eigenvalue weighted by Crippen LogP contribution is -2.52. The van der Waals surface area contributed by atoms with Gasteiger partial charge < -0.3 is 16.4 Å². The van der Waals surface area contributed by atoms with Crippen LogP contribution in [0.3, 0.4) is 0 Å². The molecule has 206 valence electrons. The second-order valence-electron chi connectivity index (χ2n) is 10.8. The Balaban J connectivity index is 1.66. The second kappa shape index (κ2) is 12.7. The Morgan fingerprint density at radius 1 is 1.03 bits per heavy atom. The van der Waals surface area contributed by atoms with Crippen molar-refractivity contribution in [2.24, 2.45) is 0 Å². The molecule has 38 heavy (non-hydrogen) atoms. The minimum Gasteiger partial charge on any atom is -0.395 e. The van der Waals surface area contributed by atoms with Gasteiger partial charge in [0.2, 0.25) is 5.91 Å². The van der Waals surface area contributed by atoms with E-state index in [0.29, 0.717) is 12.1 Å².